The SMILES string of the molecule is Cc1cc(C)c(C(=O)NCCC(=O)O)o1. The van der Waals surface area contributed by atoms with Crippen molar-refractivity contribution in [3.8, 4) is 0 Å². The third-order valence-corrected chi connectivity index (χ3v) is 1.87. The third-order valence-electron chi connectivity index (χ3n) is 1.87. The lowest BCUT2D eigenvalue weighted by atomic mass is 10.2. The van der Waals surface area contributed by atoms with Crippen molar-refractivity contribution in [2.24, 2.45) is 0 Å². The topological polar surface area (TPSA) is 79.5 Å². The van der Waals surface area contributed by atoms with Crippen molar-refractivity contribution in [1.29, 1.82) is 0 Å². The summed E-state index contributed by atoms with van der Waals surface area (Å²) in [7, 11) is 0. The van der Waals surface area contributed by atoms with Gasteiger partial charge in [-0.05, 0) is 19.9 Å². The van der Waals surface area contributed by atoms with Crippen LogP contribution in [0.2, 0.25) is 0 Å². The van der Waals surface area contributed by atoms with Crippen molar-refractivity contribution in [1.82, 2.24) is 5.32 Å². The van der Waals surface area contributed by atoms with E-state index in [1.807, 2.05) is 0 Å². The number of furan rings is 1. The van der Waals surface area contributed by atoms with Gasteiger partial charge in [-0.25, -0.2) is 0 Å². The van der Waals surface area contributed by atoms with Gasteiger partial charge in [0.05, 0.1) is 6.42 Å². The van der Waals surface area contributed by atoms with E-state index in [0.717, 1.165) is 5.56 Å². The lowest BCUT2D eigenvalue weighted by Gasteiger charge is -2.01. The van der Waals surface area contributed by atoms with Gasteiger partial charge in [0.2, 0.25) is 0 Å². The summed E-state index contributed by atoms with van der Waals surface area (Å²) in [4.78, 5) is 21.7. The quantitative estimate of drug-likeness (QED) is 0.781. The first-order valence-corrected chi connectivity index (χ1v) is 4.57. The van der Waals surface area contributed by atoms with E-state index < -0.39 is 5.97 Å². The minimum Gasteiger partial charge on any atom is -0.481 e. The Balaban J connectivity index is 2.54. The molecular weight excluding hydrogens is 198 g/mol. The van der Waals surface area contributed by atoms with E-state index in [0.29, 0.717) is 5.76 Å². The van der Waals surface area contributed by atoms with Crippen molar-refractivity contribution in [2.45, 2.75) is 20.3 Å². The first-order valence-electron chi connectivity index (χ1n) is 4.57. The Labute approximate surface area is 87.1 Å². The van der Waals surface area contributed by atoms with Crippen LogP contribution in [0.5, 0.6) is 0 Å². The summed E-state index contributed by atoms with van der Waals surface area (Å²) in [6, 6.07) is 1.76. The first-order chi connectivity index (χ1) is 7.00. The van der Waals surface area contributed by atoms with E-state index in [4.69, 9.17) is 9.52 Å². The maximum atomic E-state index is 11.5. The molecule has 0 radical (unpaired) electrons. The number of rotatable bonds is 4. The van der Waals surface area contributed by atoms with Crippen LogP contribution in [-0.4, -0.2) is 23.5 Å². The van der Waals surface area contributed by atoms with E-state index in [-0.39, 0.29) is 24.6 Å². The van der Waals surface area contributed by atoms with Crippen LogP contribution >= 0.6 is 0 Å². The van der Waals surface area contributed by atoms with E-state index in [1.165, 1.54) is 0 Å². The number of hydrogen-bond donors (Lipinski definition) is 2. The Morgan fingerprint density at radius 2 is 2.13 bits per heavy atom. The van der Waals surface area contributed by atoms with Crippen molar-refractivity contribution >= 4 is 11.9 Å². The predicted molar refractivity (Wildman–Crippen MR) is 52.8 cm³/mol. The van der Waals surface area contributed by atoms with Gasteiger partial charge in [-0.15, -0.1) is 0 Å². The molecule has 0 fully saturated rings. The second-order valence-corrected chi connectivity index (χ2v) is 3.27. The molecule has 1 heterocycles. The van der Waals surface area contributed by atoms with Gasteiger partial charge in [0, 0.05) is 12.1 Å². The Morgan fingerprint density at radius 1 is 1.47 bits per heavy atom. The number of carbonyl (C=O) groups is 2. The summed E-state index contributed by atoms with van der Waals surface area (Å²) in [6.07, 6.45) is -0.0928. The lowest BCUT2D eigenvalue weighted by molar-refractivity contribution is -0.136. The summed E-state index contributed by atoms with van der Waals surface area (Å²) in [5.74, 6) is -0.404. The summed E-state index contributed by atoms with van der Waals surface area (Å²) in [5.41, 5.74) is 0.750. The molecule has 1 rings (SSSR count). The molecule has 1 amide bonds. The fourth-order valence-corrected chi connectivity index (χ4v) is 1.23. The number of aliphatic carboxylic acids is 1. The highest BCUT2D eigenvalue weighted by Crippen LogP contribution is 2.13. The number of carbonyl (C=O) groups excluding carboxylic acids is 1. The number of carboxylic acids is 1. The van der Waals surface area contributed by atoms with Crippen LogP contribution in [0.4, 0.5) is 0 Å². The van der Waals surface area contributed by atoms with Crippen LogP contribution in [0, 0.1) is 13.8 Å². The number of nitrogens with one attached hydrogen (secondary N) is 1. The molecule has 1 aromatic rings. The second-order valence-electron chi connectivity index (χ2n) is 3.27. The van der Waals surface area contributed by atoms with Crippen LogP contribution in [0.25, 0.3) is 0 Å². The lowest BCUT2D eigenvalue weighted by Crippen LogP contribution is -2.26. The van der Waals surface area contributed by atoms with Gasteiger partial charge >= 0.3 is 5.97 Å². The molecule has 5 nitrogen and oxygen atoms in total. The fraction of sp³-hybridized carbons (Fsp3) is 0.400. The number of amides is 1. The minimum atomic E-state index is -0.942. The maximum absolute atomic E-state index is 11.5. The average molecular weight is 211 g/mol. The third kappa shape index (κ3) is 3.12. The summed E-state index contributed by atoms with van der Waals surface area (Å²) < 4.78 is 5.17. The molecule has 0 aliphatic carbocycles. The standard InChI is InChI=1S/C10H13NO4/c1-6-5-7(2)15-9(6)10(14)11-4-3-8(12)13/h5H,3-4H2,1-2H3,(H,11,14)(H,12,13). The number of aryl methyl sites for hydroxylation is 2. The molecule has 0 unspecified atom stereocenters. The monoisotopic (exact) mass is 211 g/mol. The molecule has 2 N–H and O–H groups in total. The predicted octanol–water partition coefficient (Wildman–Crippen LogP) is 1.10. The van der Waals surface area contributed by atoms with Gasteiger partial charge in [-0.1, -0.05) is 0 Å². The molecule has 0 aromatic carbocycles. The Morgan fingerprint density at radius 3 is 2.60 bits per heavy atom. The normalized spacial score (nSPS) is 10.0. The van der Waals surface area contributed by atoms with Crippen molar-refractivity contribution in [3.63, 3.8) is 0 Å². The molecule has 82 valence electrons. The Bertz CT molecular complexity index is 381. The average Bonchev–Trinajstić information content (AvgIpc) is 2.44. The molecule has 15 heavy (non-hydrogen) atoms. The molecule has 1 aromatic heterocycles. The maximum Gasteiger partial charge on any atom is 0.305 e. The van der Waals surface area contributed by atoms with Gasteiger partial charge in [-0.3, -0.25) is 9.59 Å². The van der Waals surface area contributed by atoms with E-state index in [9.17, 15) is 9.59 Å². The number of hydrogen-bond acceptors (Lipinski definition) is 3. The highest BCUT2D eigenvalue weighted by molar-refractivity contribution is 5.93. The molecular formula is C10H13NO4. The second kappa shape index (κ2) is 4.63. The number of carboxylic acid groups (broad SMARTS) is 1. The van der Waals surface area contributed by atoms with Crippen LogP contribution in [0.1, 0.15) is 28.3 Å². The van der Waals surface area contributed by atoms with E-state index in [1.54, 1.807) is 19.9 Å². The molecule has 0 aliphatic heterocycles. The zero-order valence-corrected chi connectivity index (χ0v) is 8.66. The molecule has 0 saturated carbocycles. The molecule has 5 heteroatoms. The van der Waals surface area contributed by atoms with E-state index in [2.05, 4.69) is 5.32 Å². The zero-order valence-electron chi connectivity index (χ0n) is 8.66. The Hall–Kier alpha value is -1.78. The highest BCUT2D eigenvalue weighted by atomic mass is 16.4. The fourth-order valence-electron chi connectivity index (χ4n) is 1.23. The molecule has 0 aliphatic rings. The van der Waals surface area contributed by atoms with Gasteiger partial charge < -0.3 is 14.8 Å². The summed E-state index contributed by atoms with van der Waals surface area (Å²) in [5, 5.41) is 10.9. The van der Waals surface area contributed by atoms with Crippen LogP contribution in [-0.2, 0) is 4.79 Å². The zero-order chi connectivity index (χ0) is 11.4. The molecule has 0 saturated heterocycles. The summed E-state index contributed by atoms with van der Waals surface area (Å²) >= 11 is 0. The van der Waals surface area contributed by atoms with Crippen LogP contribution in [0.15, 0.2) is 10.5 Å². The van der Waals surface area contributed by atoms with Crippen molar-refractivity contribution in [2.75, 3.05) is 6.54 Å². The smallest absolute Gasteiger partial charge is 0.305 e. The van der Waals surface area contributed by atoms with Crippen LogP contribution < -0.4 is 5.32 Å². The first kappa shape index (κ1) is 11.3. The molecule has 0 atom stereocenters. The molecule has 0 bridgehead atoms. The Kier molecular flexibility index (Phi) is 3.49. The van der Waals surface area contributed by atoms with Crippen molar-refractivity contribution in [3.05, 3.63) is 23.2 Å². The van der Waals surface area contributed by atoms with Gasteiger partial charge in [0.1, 0.15) is 5.76 Å². The van der Waals surface area contributed by atoms with Gasteiger partial charge in [-0.2, -0.15) is 0 Å². The van der Waals surface area contributed by atoms with Gasteiger partial charge in [0.15, 0.2) is 5.76 Å². The summed E-state index contributed by atoms with van der Waals surface area (Å²) in [6.45, 7) is 3.62. The van der Waals surface area contributed by atoms with Crippen molar-refractivity contribution < 1.29 is 19.1 Å². The molecule has 0 spiro atoms. The van der Waals surface area contributed by atoms with Gasteiger partial charge in [0.25, 0.3) is 5.91 Å². The largest absolute Gasteiger partial charge is 0.481 e. The minimum absolute atomic E-state index is 0.0928. The highest BCUT2D eigenvalue weighted by Gasteiger charge is 2.13. The van der Waals surface area contributed by atoms with E-state index >= 15 is 0 Å². The van der Waals surface area contributed by atoms with Crippen LogP contribution in [0.3, 0.4) is 0 Å².